The lowest BCUT2D eigenvalue weighted by Gasteiger charge is -2.09. The molecule has 5 heteroatoms. The van der Waals surface area contributed by atoms with Crippen molar-refractivity contribution in [3.8, 4) is 0 Å². The zero-order chi connectivity index (χ0) is 15.7. The standard InChI is InChI=1S/C16H12Br2F2O/c1-8-5-10(6-9(2)15(8)18)14(21)7-11-13(19)4-3-12(17)16(11)20/h3-6H,7H2,1-2H3. The Hall–Kier alpha value is -1.07. The Kier molecular flexibility index (Phi) is 4.94. The summed E-state index contributed by atoms with van der Waals surface area (Å²) in [4.78, 5) is 12.3. The summed E-state index contributed by atoms with van der Waals surface area (Å²) in [6.45, 7) is 3.74. The van der Waals surface area contributed by atoms with Gasteiger partial charge in [0.1, 0.15) is 11.6 Å². The zero-order valence-electron chi connectivity index (χ0n) is 11.4. The first-order valence-corrected chi connectivity index (χ1v) is 7.82. The molecule has 0 amide bonds. The average Bonchev–Trinajstić information content (AvgIpc) is 2.44. The molecule has 0 saturated heterocycles. The maximum atomic E-state index is 13.9. The molecule has 2 aromatic rings. The summed E-state index contributed by atoms with van der Waals surface area (Å²) in [5.41, 5.74) is 2.06. The molecule has 0 N–H and O–H groups in total. The molecule has 2 rings (SSSR count). The summed E-state index contributed by atoms with van der Waals surface area (Å²) in [5, 5.41) is 0. The number of ketones is 1. The van der Waals surface area contributed by atoms with E-state index >= 15 is 0 Å². The van der Waals surface area contributed by atoms with Crippen molar-refractivity contribution in [1.82, 2.24) is 0 Å². The van der Waals surface area contributed by atoms with Crippen LogP contribution in [0, 0.1) is 25.5 Å². The molecule has 0 aromatic heterocycles. The number of aryl methyl sites for hydroxylation is 2. The highest BCUT2D eigenvalue weighted by atomic mass is 79.9. The van der Waals surface area contributed by atoms with Gasteiger partial charge in [0.25, 0.3) is 0 Å². The van der Waals surface area contributed by atoms with Gasteiger partial charge in [0.05, 0.1) is 4.47 Å². The quantitative estimate of drug-likeness (QED) is 0.473. The first-order chi connectivity index (χ1) is 9.81. The van der Waals surface area contributed by atoms with Gasteiger partial charge >= 0.3 is 0 Å². The van der Waals surface area contributed by atoms with Gasteiger partial charge in [-0.25, -0.2) is 8.78 Å². The smallest absolute Gasteiger partial charge is 0.167 e. The highest BCUT2D eigenvalue weighted by Gasteiger charge is 2.18. The fraction of sp³-hybridized carbons (Fsp3) is 0.188. The van der Waals surface area contributed by atoms with Crippen LogP contribution in [0.3, 0.4) is 0 Å². The number of benzene rings is 2. The molecule has 0 saturated carbocycles. The van der Waals surface area contributed by atoms with Crippen LogP contribution in [0.2, 0.25) is 0 Å². The number of hydrogen-bond donors (Lipinski definition) is 0. The topological polar surface area (TPSA) is 17.1 Å². The zero-order valence-corrected chi connectivity index (χ0v) is 14.6. The van der Waals surface area contributed by atoms with E-state index in [1.807, 2.05) is 13.8 Å². The number of hydrogen-bond acceptors (Lipinski definition) is 1. The van der Waals surface area contributed by atoms with Crippen LogP contribution in [0.4, 0.5) is 8.78 Å². The van der Waals surface area contributed by atoms with E-state index in [0.29, 0.717) is 5.56 Å². The summed E-state index contributed by atoms with van der Waals surface area (Å²) in [6.07, 6.45) is -0.308. The predicted octanol–water partition coefficient (Wildman–Crippen LogP) is 5.53. The second-order valence-corrected chi connectivity index (χ2v) is 6.49. The highest BCUT2D eigenvalue weighted by molar-refractivity contribution is 9.10. The Balaban J connectivity index is 2.37. The van der Waals surface area contributed by atoms with Gasteiger partial charge in [-0.1, -0.05) is 15.9 Å². The van der Waals surface area contributed by atoms with Crippen LogP contribution in [0.1, 0.15) is 27.0 Å². The number of halogens is 4. The van der Waals surface area contributed by atoms with Crippen LogP contribution in [-0.2, 0) is 6.42 Å². The van der Waals surface area contributed by atoms with Crippen LogP contribution in [0.15, 0.2) is 33.2 Å². The molecule has 0 unspecified atom stereocenters. The number of rotatable bonds is 3. The van der Waals surface area contributed by atoms with Gasteiger partial charge in [0.2, 0.25) is 0 Å². The fourth-order valence-electron chi connectivity index (χ4n) is 2.10. The van der Waals surface area contributed by atoms with E-state index in [2.05, 4.69) is 31.9 Å². The summed E-state index contributed by atoms with van der Waals surface area (Å²) in [7, 11) is 0. The third kappa shape index (κ3) is 3.40. The second kappa shape index (κ2) is 6.36. The van der Waals surface area contributed by atoms with E-state index in [1.165, 1.54) is 6.07 Å². The Morgan fingerprint density at radius 1 is 1.10 bits per heavy atom. The molecule has 0 spiro atoms. The molecule has 21 heavy (non-hydrogen) atoms. The molecule has 0 aliphatic carbocycles. The lowest BCUT2D eigenvalue weighted by Crippen LogP contribution is -2.08. The molecule has 0 bridgehead atoms. The molecule has 0 aliphatic rings. The molecule has 0 aliphatic heterocycles. The number of carbonyl (C=O) groups excluding carboxylic acids is 1. The van der Waals surface area contributed by atoms with Gasteiger partial charge in [-0.05, 0) is 65.2 Å². The highest BCUT2D eigenvalue weighted by Crippen LogP contribution is 2.25. The van der Waals surface area contributed by atoms with E-state index in [4.69, 9.17) is 0 Å². The van der Waals surface area contributed by atoms with Crippen LogP contribution >= 0.6 is 31.9 Å². The van der Waals surface area contributed by atoms with Gasteiger partial charge in [0.15, 0.2) is 5.78 Å². The SMILES string of the molecule is Cc1cc(C(=O)Cc2c(F)ccc(Br)c2F)cc(C)c1Br. The molecular formula is C16H12Br2F2O. The molecular weight excluding hydrogens is 406 g/mol. The largest absolute Gasteiger partial charge is 0.294 e. The molecule has 1 nitrogen and oxygen atoms in total. The number of Topliss-reactive ketones (excluding diaryl/α,β-unsaturated/α-hetero) is 1. The van der Waals surface area contributed by atoms with E-state index < -0.39 is 11.6 Å². The van der Waals surface area contributed by atoms with Crippen molar-refractivity contribution in [2.75, 3.05) is 0 Å². The first kappa shape index (κ1) is 16.3. The maximum Gasteiger partial charge on any atom is 0.167 e. The van der Waals surface area contributed by atoms with Crippen molar-refractivity contribution >= 4 is 37.6 Å². The summed E-state index contributed by atoms with van der Waals surface area (Å²) in [6, 6.07) is 5.86. The minimum Gasteiger partial charge on any atom is -0.294 e. The van der Waals surface area contributed by atoms with Crippen LogP contribution in [0.25, 0.3) is 0 Å². The molecule has 2 aromatic carbocycles. The average molecular weight is 418 g/mol. The summed E-state index contributed by atoms with van der Waals surface area (Å²) >= 11 is 6.42. The minimum atomic E-state index is -0.728. The van der Waals surface area contributed by atoms with Gasteiger partial charge in [0, 0.05) is 22.0 Å². The lowest BCUT2D eigenvalue weighted by atomic mass is 9.99. The molecule has 110 valence electrons. The van der Waals surface area contributed by atoms with Crippen LogP contribution < -0.4 is 0 Å². The Labute approximate surface area is 138 Å². The molecule has 0 radical (unpaired) electrons. The van der Waals surface area contributed by atoms with E-state index in [-0.39, 0.29) is 22.2 Å². The predicted molar refractivity (Wildman–Crippen MR) is 85.7 cm³/mol. The second-order valence-electron chi connectivity index (χ2n) is 4.85. The summed E-state index contributed by atoms with van der Waals surface area (Å²) in [5.74, 6) is -1.76. The fourth-order valence-corrected chi connectivity index (χ4v) is 2.70. The van der Waals surface area contributed by atoms with Gasteiger partial charge in [-0.15, -0.1) is 0 Å². The van der Waals surface area contributed by atoms with Crippen molar-refractivity contribution in [1.29, 1.82) is 0 Å². The van der Waals surface area contributed by atoms with Gasteiger partial charge in [-0.2, -0.15) is 0 Å². The Morgan fingerprint density at radius 3 is 2.24 bits per heavy atom. The van der Waals surface area contributed by atoms with E-state index in [1.54, 1.807) is 12.1 Å². The molecule has 0 heterocycles. The first-order valence-electron chi connectivity index (χ1n) is 6.23. The van der Waals surface area contributed by atoms with Crippen molar-refractivity contribution < 1.29 is 13.6 Å². The molecule has 0 atom stereocenters. The lowest BCUT2D eigenvalue weighted by molar-refractivity contribution is 0.0990. The molecule has 0 fully saturated rings. The van der Waals surface area contributed by atoms with Gasteiger partial charge < -0.3 is 0 Å². The van der Waals surface area contributed by atoms with Gasteiger partial charge in [-0.3, -0.25) is 4.79 Å². The van der Waals surface area contributed by atoms with Crippen molar-refractivity contribution in [3.63, 3.8) is 0 Å². The summed E-state index contributed by atoms with van der Waals surface area (Å²) < 4.78 is 28.7. The van der Waals surface area contributed by atoms with Crippen molar-refractivity contribution in [2.24, 2.45) is 0 Å². The Morgan fingerprint density at radius 2 is 1.67 bits per heavy atom. The van der Waals surface area contributed by atoms with Crippen molar-refractivity contribution in [3.05, 3.63) is 67.1 Å². The van der Waals surface area contributed by atoms with Crippen LogP contribution in [0.5, 0.6) is 0 Å². The third-order valence-corrected chi connectivity index (χ3v) is 5.10. The van der Waals surface area contributed by atoms with Crippen molar-refractivity contribution in [2.45, 2.75) is 20.3 Å². The van der Waals surface area contributed by atoms with E-state index in [0.717, 1.165) is 21.7 Å². The monoisotopic (exact) mass is 416 g/mol. The third-order valence-electron chi connectivity index (χ3n) is 3.23. The normalized spacial score (nSPS) is 10.8. The van der Waals surface area contributed by atoms with E-state index in [9.17, 15) is 13.6 Å². The maximum absolute atomic E-state index is 13.9. The minimum absolute atomic E-state index is 0.148. The van der Waals surface area contributed by atoms with Crippen LogP contribution in [-0.4, -0.2) is 5.78 Å². The Bertz CT molecular complexity index is 703. The number of carbonyl (C=O) groups is 1.